The minimum Gasteiger partial charge on any atom is -0.305 e. The zero-order valence-corrected chi connectivity index (χ0v) is 13.8. The first kappa shape index (κ1) is 15.3. The summed E-state index contributed by atoms with van der Waals surface area (Å²) in [5, 5.41) is 3.78. The molecule has 2 aromatic rings. The van der Waals surface area contributed by atoms with Gasteiger partial charge in [0, 0.05) is 25.2 Å². The number of piperazine rings is 1. The SMILES string of the molecule is CC1(c2ccccc2)CN(Cc2ccccc2)C(C)(C)CN1. The lowest BCUT2D eigenvalue weighted by molar-refractivity contribution is 0.0245. The highest BCUT2D eigenvalue weighted by Crippen LogP contribution is 2.31. The summed E-state index contributed by atoms with van der Waals surface area (Å²) in [6, 6.07) is 21.6. The highest BCUT2D eigenvalue weighted by Gasteiger charge is 2.40. The van der Waals surface area contributed by atoms with E-state index in [9.17, 15) is 0 Å². The highest BCUT2D eigenvalue weighted by atomic mass is 15.3. The molecule has 1 unspecified atom stereocenters. The van der Waals surface area contributed by atoms with Crippen LogP contribution in [0.5, 0.6) is 0 Å². The van der Waals surface area contributed by atoms with E-state index in [2.05, 4.69) is 91.7 Å². The average Bonchev–Trinajstić information content (AvgIpc) is 2.53. The van der Waals surface area contributed by atoms with Gasteiger partial charge >= 0.3 is 0 Å². The standard InChI is InChI=1S/C20H26N2/c1-19(2)15-21-20(3,18-12-8-5-9-13-18)16-22(19)14-17-10-6-4-7-11-17/h4-13,21H,14-16H2,1-3H3. The molecule has 2 nitrogen and oxygen atoms in total. The number of hydrogen-bond donors (Lipinski definition) is 1. The molecule has 1 heterocycles. The molecule has 0 amide bonds. The Morgan fingerprint density at radius 1 is 0.909 bits per heavy atom. The van der Waals surface area contributed by atoms with Crippen molar-refractivity contribution in [3.63, 3.8) is 0 Å². The molecule has 0 aliphatic carbocycles. The van der Waals surface area contributed by atoms with Gasteiger partial charge in [-0.3, -0.25) is 4.90 Å². The summed E-state index contributed by atoms with van der Waals surface area (Å²) in [6.07, 6.45) is 0. The van der Waals surface area contributed by atoms with Gasteiger partial charge in [0.05, 0.1) is 5.54 Å². The van der Waals surface area contributed by atoms with Crippen LogP contribution in [0.4, 0.5) is 0 Å². The number of nitrogens with zero attached hydrogens (tertiary/aromatic N) is 1. The first-order valence-corrected chi connectivity index (χ1v) is 8.09. The van der Waals surface area contributed by atoms with Gasteiger partial charge in [0.15, 0.2) is 0 Å². The van der Waals surface area contributed by atoms with Crippen LogP contribution in [0.25, 0.3) is 0 Å². The molecule has 1 aliphatic heterocycles. The fraction of sp³-hybridized carbons (Fsp3) is 0.400. The third-order valence-corrected chi connectivity index (χ3v) is 4.90. The van der Waals surface area contributed by atoms with Crippen molar-refractivity contribution in [3.8, 4) is 0 Å². The smallest absolute Gasteiger partial charge is 0.0535 e. The van der Waals surface area contributed by atoms with E-state index in [1.165, 1.54) is 11.1 Å². The van der Waals surface area contributed by atoms with Gasteiger partial charge in [-0.1, -0.05) is 60.7 Å². The van der Waals surface area contributed by atoms with Gasteiger partial charge in [0.25, 0.3) is 0 Å². The van der Waals surface area contributed by atoms with E-state index in [0.29, 0.717) is 0 Å². The van der Waals surface area contributed by atoms with E-state index in [4.69, 9.17) is 0 Å². The van der Waals surface area contributed by atoms with Crippen LogP contribution < -0.4 is 5.32 Å². The lowest BCUT2D eigenvalue weighted by Crippen LogP contribution is -2.65. The Bertz CT molecular complexity index is 606. The van der Waals surface area contributed by atoms with Gasteiger partial charge in [0.2, 0.25) is 0 Å². The molecule has 1 aliphatic rings. The molecule has 1 fully saturated rings. The molecule has 22 heavy (non-hydrogen) atoms. The lowest BCUT2D eigenvalue weighted by atomic mass is 9.84. The van der Waals surface area contributed by atoms with Crippen molar-refractivity contribution in [3.05, 3.63) is 71.8 Å². The summed E-state index contributed by atoms with van der Waals surface area (Å²) in [5.74, 6) is 0. The van der Waals surface area contributed by atoms with Gasteiger partial charge in [-0.15, -0.1) is 0 Å². The summed E-state index contributed by atoms with van der Waals surface area (Å²) in [6.45, 7) is 9.97. The van der Waals surface area contributed by atoms with Crippen LogP contribution in [0, 0.1) is 0 Å². The molecule has 0 spiro atoms. The van der Waals surface area contributed by atoms with Crippen LogP contribution in [-0.2, 0) is 12.1 Å². The Labute approximate surface area is 134 Å². The lowest BCUT2D eigenvalue weighted by Gasteiger charge is -2.51. The Morgan fingerprint density at radius 2 is 1.50 bits per heavy atom. The Kier molecular flexibility index (Phi) is 4.07. The van der Waals surface area contributed by atoms with Crippen molar-refractivity contribution < 1.29 is 0 Å². The van der Waals surface area contributed by atoms with E-state index < -0.39 is 0 Å². The second kappa shape index (κ2) is 5.86. The molecule has 2 heteroatoms. The minimum absolute atomic E-state index is 0.00552. The van der Waals surface area contributed by atoms with Crippen molar-refractivity contribution in [2.24, 2.45) is 0 Å². The monoisotopic (exact) mass is 294 g/mol. The molecular formula is C20H26N2. The zero-order valence-electron chi connectivity index (χ0n) is 13.8. The maximum Gasteiger partial charge on any atom is 0.0535 e. The summed E-state index contributed by atoms with van der Waals surface area (Å²) < 4.78 is 0. The Hall–Kier alpha value is -1.64. The molecule has 0 aromatic heterocycles. The second-order valence-corrected chi connectivity index (χ2v) is 7.21. The highest BCUT2D eigenvalue weighted by molar-refractivity contribution is 5.26. The quantitative estimate of drug-likeness (QED) is 0.926. The molecule has 0 saturated carbocycles. The van der Waals surface area contributed by atoms with Crippen LogP contribution in [-0.4, -0.2) is 23.5 Å². The fourth-order valence-electron chi connectivity index (χ4n) is 3.25. The van der Waals surface area contributed by atoms with E-state index >= 15 is 0 Å². The van der Waals surface area contributed by atoms with E-state index in [1.54, 1.807) is 0 Å². The molecule has 2 aromatic carbocycles. The van der Waals surface area contributed by atoms with Gasteiger partial charge in [-0.25, -0.2) is 0 Å². The topological polar surface area (TPSA) is 15.3 Å². The predicted molar refractivity (Wildman–Crippen MR) is 92.7 cm³/mol. The zero-order chi connectivity index (χ0) is 15.6. The van der Waals surface area contributed by atoms with Gasteiger partial charge < -0.3 is 5.32 Å². The van der Waals surface area contributed by atoms with E-state index in [1.807, 2.05) is 0 Å². The number of rotatable bonds is 3. The Balaban J connectivity index is 1.84. The molecular weight excluding hydrogens is 268 g/mol. The third kappa shape index (κ3) is 3.08. The molecule has 1 atom stereocenters. The summed E-state index contributed by atoms with van der Waals surface area (Å²) in [7, 11) is 0. The first-order valence-electron chi connectivity index (χ1n) is 8.09. The van der Waals surface area contributed by atoms with Crippen molar-refractivity contribution in [1.29, 1.82) is 0 Å². The number of nitrogens with one attached hydrogen (secondary N) is 1. The number of benzene rings is 2. The molecule has 116 valence electrons. The summed E-state index contributed by atoms with van der Waals surface area (Å²) in [5.41, 5.74) is 2.91. The van der Waals surface area contributed by atoms with Crippen molar-refractivity contribution in [2.45, 2.75) is 38.4 Å². The van der Waals surface area contributed by atoms with Crippen LogP contribution >= 0.6 is 0 Å². The van der Waals surface area contributed by atoms with E-state index in [-0.39, 0.29) is 11.1 Å². The number of hydrogen-bond acceptors (Lipinski definition) is 2. The molecule has 1 saturated heterocycles. The van der Waals surface area contributed by atoms with Crippen LogP contribution in [0.2, 0.25) is 0 Å². The second-order valence-electron chi connectivity index (χ2n) is 7.21. The summed E-state index contributed by atoms with van der Waals surface area (Å²) in [4.78, 5) is 2.60. The normalized spacial score (nSPS) is 25.0. The van der Waals surface area contributed by atoms with Crippen molar-refractivity contribution in [1.82, 2.24) is 10.2 Å². The largest absolute Gasteiger partial charge is 0.305 e. The van der Waals surface area contributed by atoms with Crippen LogP contribution in [0.15, 0.2) is 60.7 Å². The maximum atomic E-state index is 3.78. The first-order chi connectivity index (χ1) is 10.5. The molecule has 0 radical (unpaired) electrons. The van der Waals surface area contributed by atoms with Crippen molar-refractivity contribution in [2.75, 3.05) is 13.1 Å². The fourth-order valence-corrected chi connectivity index (χ4v) is 3.25. The molecule has 0 bridgehead atoms. The maximum absolute atomic E-state index is 3.78. The van der Waals surface area contributed by atoms with Crippen LogP contribution in [0.1, 0.15) is 31.9 Å². The molecule has 1 N–H and O–H groups in total. The van der Waals surface area contributed by atoms with Gasteiger partial charge in [0.1, 0.15) is 0 Å². The van der Waals surface area contributed by atoms with Crippen LogP contribution in [0.3, 0.4) is 0 Å². The van der Waals surface area contributed by atoms with Crippen molar-refractivity contribution >= 4 is 0 Å². The van der Waals surface area contributed by atoms with E-state index in [0.717, 1.165) is 19.6 Å². The third-order valence-electron chi connectivity index (χ3n) is 4.90. The predicted octanol–water partition coefficient (Wildman–Crippen LogP) is 3.79. The van der Waals surface area contributed by atoms with Gasteiger partial charge in [-0.2, -0.15) is 0 Å². The summed E-state index contributed by atoms with van der Waals surface area (Å²) >= 11 is 0. The minimum atomic E-state index is 0.00552. The molecule has 3 rings (SSSR count). The Morgan fingerprint density at radius 3 is 2.14 bits per heavy atom. The average molecular weight is 294 g/mol. The van der Waals surface area contributed by atoms with Gasteiger partial charge in [-0.05, 0) is 31.9 Å².